The fourth-order valence-electron chi connectivity index (χ4n) is 2.90. The monoisotopic (exact) mass is 228 g/mol. The smallest absolute Gasteiger partial charge is 0.0288 e. The molecule has 1 saturated heterocycles. The van der Waals surface area contributed by atoms with Gasteiger partial charge in [-0.2, -0.15) is 0 Å². The number of hydrogen-bond donors (Lipinski definition) is 1. The molecule has 1 fully saturated rings. The van der Waals surface area contributed by atoms with E-state index in [4.69, 9.17) is 0 Å². The van der Waals surface area contributed by atoms with Crippen LogP contribution in [-0.2, 0) is 0 Å². The van der Waals surface area contributed by atoms with Crippen LogP contribution in [0.5, 0.6) is 0 Å². The molecule has 0 saturated carbocycles. The van der Waals surface area contributed by atoms with Crippen LogP contribution in [0.15, 0.2) is 36.4 Å². The third-order valence-corrected chi connectivity index (χ3v) is 3.87. The van der Waals surface area contributed by atoms with Crippen molar-refractivity contribution in [3.05, 3.63) is 42.0 Å². The second kappa shape index (κ2) is 5.03. The molecule has 1 atom stereocenters. The summed E-state index contributed by atoms with van der Waals surface area (Å²) in [5.74, 6) is 0. The molecule has 3 rings (SSSR count). The van der Waals surface area contributed by atoms with Crippen molar-refractivity contribution in [2.45, 2.75) is 18.9 Å². The van der Waals surface area contributed by atoms with Gasteiger partial charge in [-0.25, -0.2) is 0 Å². The van der Waals surface area contributed by atoms with Crippen molar-refractivity contribution in [2.75, 3.05) is 26.2 Å². The molecular formula is C15H20N2. The molecule has 2 aliphatic rings. The van der Waals surface area contributed by atoms with Gasteiger partial charge in [0.2, 0.25) is 0 Å². The number of nitrogens with one attached hydrogen (secondary N) is 1. The lowest BCUT2D eigenvalue weighted by atomic mass is 10.1. The van der Waals surface area contributed by atoms with Crippen LogP contribution in [0.1, 0.15) is 18.4 Å². The van der Waals surface area contributed by atoms with Gasteiger partial charge in [-0.3, -0.25) is 4.90 Å². The second-order valence-corrected chi connectivity index (χ2v) is 4.95. The predicted molar refractivity (Wildman–Crippen MR) is 71.9 cm³/mol. The van der Waals surface area contributed by atoms with Gasteiger partial charge in [-0.1, -0.05) is 36.4 Å². The van der Waals surface area contributed by atoms with Crippen molar-refractivity contribution in [2.24, 2.45) is 0 Å². The van der Waals surface area contributed by atoms with Gasteiger partial charge in [-0.15, -0.1) is 0 Å². The maximum absolute atomic E-state index is 3.42. The molecule has 1 aliphatic carbocycles. The van der Waals surface area contributed by atoms with E-state index in [0.29, 0.717) is 6.04 Å². The van der Waals surface area contributed by atoms with Crippen molar-refractivity contribution in [3.63, 3.8) is 0 Å². The lowest BCUT2D eigenvalue weighted by molar-refractivity contribution is 0.200. The van der Waals surface area contributed by atoms with E-state index in [-0.39, 0.29) is 0 Å². The van der Waals surface area contributed by atoms with E-state index in [1.165, 1.54) is 37.1 Å². The number of piperazine rings is 1. The SMILES string of the molecule is C1=C(c2ccccc2)CCC1N1CCNCC1. The molecule has 1 aromatic carbocycles. The first-order valence-corrected chi connectivity index (χ1v) is 6.64. The number of nitrogens with zero attached hydrogens (tertiary/aromatic N) is 1. The summed E-state index contributed by atoms with van der Waals surface area (Å²) < 4.78 is 0. The minimum absolute atomic E-state index is 0.673. The predicted octanol–water partition coefficient (Wildman–Crippen LogP) is 2.14. The van der Waals surface area contributed by atoms with E-state index in [0.717, 1.165) is 13.1 Å². The highest BCUT2D eigenvalue weighted by Crippen LogP contribution is 2.30. The standard InChI is InChI=1S/C15H20N2/c1-2-4-13(5-3-1)14-6-7-15(12-14)17-10-8-16-9-11-17/h1-5,12,15-16H,6-11H2. The summed E-state index contributed by atoms with van der Waals surface area (Å²) in [6.07, 6.45) is 5.02. The Bertz CT molecular complexity index is 391. The van der Waals surface area contributed by atoms with Crippen LogP contribution >= 0.6 is 0 Å². The minimum Gasteiger partial charge on any atom is -0.314 e. The lowest BCUT2D eigenvalue weighted by Gasteiger charge is -2.31. The first-order valence-electron chi connectivity index (χ1n) is 6.64. The van der Waals surface area contributed by atoms with E-state index in [9.17, 15) is 0 Å². The van der Waals surface area contributed by atoms with Crippen LogP contribution in [0, 0.1) is 0 Å². The molecule has 2 nitrogen and oxygen atoms in total. The third kappa shape index (κ3) is 2.43. The quantitative estimate of drug-likeness (QED) is 0.834. The second-order valence-electron chi connectivity index (χ2n) is 4.95. The van der Waals surface area contributed by atoms with Crippen LogP contribution in [0.4, 0.5) is 0 Å². The molecular weight excluding hydrogens is 208 g/mol. The van der Waals surface area contributed by atoms with Crippen molar-refractivity contribution >= 4 is 5.57 Å². The molecule has 90 valence electrons. The molecule has 1 N–H and O–H groups in total. The molecule has 17 heavy (non-hydrogen) atoms. The Kier molecular flexibility index (Phi) is 3.25. The Labute approximate surface area is 103 Å². The van der Waals surface area contributed by atoms with E-state index in [2.05, 4.69) is 46.6 Å². The van der Waals surface area contributed by atoms with Gasteiger partial charge in [0.1, 0.15) is 0 Å². The van der Waals surface area contributed by atoms with Gasteiger partial charge in [0.15, 0.2) is 0 Å². The molecule has 0 aromatic heterocycles. The zero-order valence-corrected chi connectivity index (χ0v) is 10.2. The molecule has 0 amide bonds. The Hall–Kier alpha value is -1.12. The van der Waals surface area contributed by atoms with Crippen molar-refractivity contribution in [3.8, 4) is 0 Å². The van der Waals surface area contributed by atoms with Gasteiger partial charge in [0.25, 0.3) is 0 Å². The van der Waals surface area contributed by atoms with E-state index in [1.54, 1.807) is 0 Å². The summed E-state index contributed by atoms with van der Waals surface area (Å²) in [6, 6.07) is 11.5. The van der Waals surface area contributed by atoms with E-state index < -0.39 is 0 Å². The molecule has 0 spiro atoms. The number of rotatable bonds is 2. The fraction of sp³-hybridized carbons (Fsp3) is 0.467. The summed E-state index contributed by atoms with van der Waals surface area (Å²) >= 11 is 0. The van der Waals surface area contributed by atoms with Gasteiger partial charge in [-0.05, 0) is 24.0 Å². The zero-order valence-electron chi connectivity index (χ0n) is 10.2. The van der Waals surface area contributed by atoms with E-state index >= 15 is 0 Å². The molecule has 1 heterocycles. The Balaban J connectivity index is 1.72. The molecule has 1 aromatic rings. The Morgan fingerprint density at radius 3 is 2.59 bits per heavy atom. The number of benzene rings is 1. The van der Waals surface area contributed by atoms with Gasteiger partial charge in [0.05, 0.1) is 0 Å². The minimum atomic E-state index is 0.673. The highest BCUT2D eigenvalue weighted by atomic mass is 15.2. The summed E-state index contributed by atoms with van der Waals surface area (Å²) in [5, 5.41) is 3.42. The zero-order chi connectivity index (χ0) is 11.5. The average molecular weight is 228 g/mol. The molecule has 2 heteroatoms. The summed E-state index contributed by atoms with van der Waals surface area (Å²) in [6.45, 7) is 4.68. The van der Waals surface area contributed by atoms with Gasteiger partial charge >= 0.3 is 0 Å². The van der Waals surface area contributed by atoms with Crippen LogP contribution in [-0.4, -0.2) is 37.1 Å². The molecule has 1 unspecified atom stereocenters. The summed E-state index contributed by atoms with van der Waals surface area (Å²) in [7, 11) is 0. The first kappa shape index (κ1) is 11.0. The average Bonchev–Trinajstić information content (AvgIpc) is 2.90. The summed E-state index contributed by atoms with van der Waals surface area (Å²) in [4.78, 5) is 2.62. The van der Waals surface area contributed by atoms with E-state index in [1.807, 2.05) is 0 Å². The number of allylic oxidation sites excluding steroid dienone is 1. The maximum atomic E-state index is 3.42. The van der Waals surface area contributed by atoms with Crippen molar-refractivity contribution < 1.29 is 0 Å². The largest absolute Gasteiger partial charge is 0.314 e. The van der Waals surface area contributed by atoms with Crippen LogP contribution < -0.4 is 5.32 Å². The number of hydrogen-bond acceptors (Lipinski definition) is 2. The topological polar surface area (TPSA) is 15.3 Å². The Morgan fingerprint density at radius 1 is 1.06 bits per heavy atom. The molecule has 0 radical (unpaired) electrons. The van der Waals surface area contributed by atoms with Crippen LogP contribution in [0.3, 0.4) is 0 Å². The van der Waals surface area contributed by atoms with Crippen LogP contribution in [0.25, 0.3) is 5.57 Å². The molecule has 0 bridgehead atoms. The highest BCUT2D eigenvalue weighted by Gasteiger charge is 2.23. The highest BCUT2D eigenvalue weighted by molar-refractivity contribution is 5.68. The van der Waals surface area contributed by atoms with Gasteiger partial charge in [0, 0.05) is 32.2 Å². The van der Waals surface area contributed by atoms with Crippen molar-refractivity contribution in [1.82, 2.24) is 10.2 Å². The molecule has 1 aliphatic heterocycles. The maximum Gasteiger partial charge on any atom is 0.0288 e. The third-order valence-electron chi connectivity index (χ3n) is 3.87. The van der Waals surface area contributed by atoms with Crippen molar-refractivity contribution in [1.29, 1.82) is 0 Å². The first-order chi connectivity index (χ1) is 8.43. The van der Waals surface area contributed by atoms with Gasteiger partial charge < -0.3 is 5.32 Å². The summed E-state index contributed by atoms with van der Waals surface area (Å²) in [5.41, 5.74) is 2.94. The van der Waals surface area contributed by atoms with Crippen LogP contribution in [0.2, 0.25) is 0 Å². The Morgan fingerprint density at radius 2 is 1.82 bits per heavy atom. The lowest BCUT2D eigenvalue weighted by Crippen LogP contribution is -2.47. The normalized spacial score (nSPS) is 25.9. The fourth-order valence-corrected chi connectivity index (χ4v) is 2.90.